The quantitative estimate of drug-likeness (QED) is 0.739. The van der Waals surface area contributed by atoms with Crippen molar-refractivity contribution < 1.29 is 4.79 Å². The van der Waals surface area contributed by atoms with Gasteiger partial charge in [0.05, 0.1) is 23.4 Å². The molecule has 0 saturated heterocycles. The van der Waals surface area contributed by atoms with Crippen LogP contribution in [0.3, 0.4) is 0 Å². The van der Waals surface area contributed by atoms with Gasteiger partial charge in [-0.15, -0.1) is 16.4 Å². The van der Waals surface area contributed by atoms with Crippen LogP contribution in [0.2, 0.25) is 0 Å². The Bertz CT molecular complexity index is 477. The number of rotatable bonds is 5. The number of hydrogen-bond donors (Lipinski definition) is 0. The molecule has 0 spiro atoms. The van der Waals surface area contributed by atoms with Gasteiger partial charge in [0.15, 0.2) is 6.29 Å². The van der Waals surface area contributed by atoms with Gasteiger partial charge in [-0.1, -0.05) is 12.1 Å². The van der Waals surface area contributed by atoms with E-state index >= 15 is 0 Å². The predicted octanol–water partition coefficient (Wildman–Crippen LogP) is 1.55. The van der Waals surface area contributed by atoms with Crippen LogP contribution >= 0.6 is 11.3 Å². The molecule has 0 bridgehead atoms. The summed E-state index contributed by atoms with van der Waals surface area (Å²) in [6.45, 7) is 2.70. The van der Waals surface area contributed by atoms with Crippen LogP contribution in [-0.4, -0.2) is 26.3 Å². The molecule has 2 aromatic rings. The van der Waals surface area contributed by atoms with Gasteiger partial charge in [-0.2, -0.15) is 0 Å². The third kappa shape index (κ3) is 2.52. The fourth-order valence-corrected chi connectivity index (χ4v) is 2.25. The van der Waals surface area contributed by atoms with Crippen LogP contribution in [0.4, 0.5) is 0 Å². The van der Waals surface area contributed by atoms with E-state index in [0.717, 1.165) is 23.5 Å². The average Bonchev–Trinajstić information content (AvgIpc) is 2.89. The molecule has 5 nitrogen and oxygen atoms in total. The first-order valence-corrected chi connectivity index (χ1v) is 5.98. The Hall–Kier alpha value is -1.56. The van der Waals surface area contributed by atoms with Crippen molar-refractivity contribution in [3.8, 4) is 0 Å². The zero-order chi connectivity index (χ0) is 11.4. The second kappa shape index (κ2) is 4.98. The predicted molar refractivity (Wildman–Crippen MR) is 60.6 cm³/mol. The highest BCUT2D eigenvalue weighted by molar-refractivity contribution is 7.09. The second-order valence-electron chi connectivity index (χ2n) is 3.44. The number of aryl methyl sites for hydroxylation is 1. The topological polar surface area (TPSA) is 60.7 Å². The van der Waals surface area contributed by atoms with Crippen molar-refractivity contribution in [3.63, 3.8) is 0 Å². The van der Waals surface area contributed by atoms with E-state index in [1.165, 1.54) is 0 Å². The molecule has 0 radical (unpaired) electrons. The van der Waals surface area contributed by atoms with Crippen LogP contribution in [0.5, 0.6) is 0 Å². The molecule has 84 valence electrons. The minimum absolute atomic E-state index is 0.351. The molecule has 6 heteroatoms. The van der Waals surface area contributed by atoms with Crippen LogP contribution in [0, 0.1) is 0 Å². The van der Waals surface area contributed by atoms with E-state index in [1.54, 1.807) is 22.2 Å². The maximum Gasteiger partial charge on any atom is 0.171 e. The Balaban J connectivity index is 2.05. The Kier molecular flexibility index (Phi) is 3.40. The lowest BCUT2D eigenvalue weighted by molar-refractivity contribution is 0.111. The number of hydrogen-bond acceptors (Lipinski definition) is 5. The fourth-order valence-electron chi connectivity index (χ4n) is 1.36. The minimum atomic E-state index is 0.351. The Morgan fingerprint density at radius 3 is 3.12 bits per heavy atom. The molecule has 16 heavy (non-hydrogen) atoms. The van der Waals surface area contributed by atoms with E-state index in [-0.39, 0.29) is 0 Å². The molecule has 0 aliphatic rings. The summed E-state index contributed by atoms with van der Waals surface area (Å²) in [5, 5.41) is 10.7. The summed E-state index contributed by atoms with van der Waals surface area (Å²) in [6, 6.07) is 0. The Labute approximate surface area is 97.1 Å². The van der Waals surface area contributed by atoms with Crippen molar-refractivity contribution in [2.45, 2.75) is 26.3 Å². The van der Waals surface area contributed by atoms with E-state index in [4.69, 9.17) is 0 Å². The molecule has 0 N–H and O–H groups in total. The standard InChI is InChI=1S/C10H12N4OS/c1-2-3-10-11-9(7-16-10)5-14-4-8(6-15)12-13-14/h4,6-7H,2-3,5H2,1H3. The van der Waals surface area contributed by atoms with Crippen molar-refractivity contribution in [2.24, 2.45) is 0 Å². The van der Waals surface area contributed by atoms with Gasteiger partial charge < -0.3 is 0 Å². The van der Waals surface area contributed by atoms with Gasteiger partial charge in [-0.3, -0.25) is 4.79 Å². The fraction of sp³-hybridized carbons (Fsp3) is 0.400. The molecule has 2 aromatic heterocycles. The van der Waals surface area contributed by atoms with Crippen molar-refractivity contribution in [1.82, 2.24) is 20.0 Å². The molecule has 2 rings (SSSR count). The maximum atomic E-state index is 10.4. The van der Waals surface area contributed by atoms with Gasteiger partial charge in [-0.25, -0.2) is 9.67 Å². The van der Waals surface area contributed by atoms with E-state index < -0.39 is 0 Å². The average molecular weight is 236 g/mol. The first-order chi connectivity index (χ1) is 7.81. The summed E-state index contributed by atoms with van der Waals surface area (Å²) in [6.07, 6.45) is 4.42. The third-order valence-electron chi connectivity index (χ3n) is 2.06. The van der Waals surface area contributed by atoms with E-state index in [9.17, 15) is 4.79 Å². The first-order valence-electron chi connectivity index (χ1n) is 5.10. The highest BCUT2D eigenvalue weighted by Crippen LogP contribution is 2.12. The minimum Gasteiger partial charge on any atom is -0.296 e. The first kappa shape index (κ1) is 10.9. The molecule has 0 fully saturated rings. The summed E-state index contributed by atoms with van der Waals surface area (Å²) in [5.41, 5.74) is 1.32. The van der Waals surface area contributed by atoms with Gasteiger partial charge in [0.2, 0.25) is 0 Å². The van der Waals surface area contributed by atoms with Gasteiger partial charge >= 0.3 is 0 Å². The molecule has 0 aliphatic carbocycles. The zero-order valence-corrected chi connectivity index (χ0v) is 9.78. The lowest BCUT2D eigenvalue weighted by Gasteiger charge is -1.94. The molecular weight excluding hydrogens is 224 g/mol. The number of carbonyl (C=O) groups is 1. The Morgan fingerprint density at radius 2 is 2.44 bits per heavy atom. The van der Waals surface area contributed by atoms with E-state index in [2.05, 4.69) is 22.2 Å². The number of nitrogens with zero attached hydrogens (tertiary/aromatic N) is 4. The summed E-state index contributed by atoms with van der Waals surface area (Å²) in [5.74, 6) is 0. The molecule has 0 atom stereocenters. The normalized spacial score (nSPS) is 10.6. The molecule has 0 aliphatic heterocycles. The lowest BCUT2D eigenvalue weighted by atomic mass is 10.3. The Morgan fingerprint density at radius 1 is 1.56 bits per heavy atom. The number of aromatic nitrogens is 4. The van der Waals surface area contributed by atoms with Crippen molar-refractivity contribution in [3.05, 3.63) is 28.0 Å². The molecule has 0 amide bonds. The highest BCUT2D eigenvalue weighted by Gasteiger charge is 2.04. The number of thiazole rings is 1. The van der Waals surface area contributed by atoms with Crippen molar-refractivity contribution in [1.29, 1.82) is 0 Å². The molecule has 0 saturated carbocycles. The maximum absolute atomic E-state index is 10.4. The molecule has 0 aromatic carbocycles. The van der Waals surface area contributed by atoms with Crippen LogP contribution in [0.1, 0.15) is 34.5 Å². The summed E-state index contributed by atoms with van der Waals surface area (Å²) in [4.78, 5) is 14.9. The summed E-state index contributed by atoms with van der Waals surface area (Å²) < 4.78 is 1.62. The monoisotopic (exact) mass is 236 g/mol. The summed E-state index contributed by atoms with van der Waals surface area (Å²) in [7, 11) is 0. The van der Waals surface area contributed by atoms with Gasteiger partial charge in [0, 0.05) is 5.38 Å². The van der Waals surface area contributed by atoms with Crippen LogP contribution in [0.15, 0.2) is 11.6 Å². The van der Waals surface area contributed by atoms with Crippen LogP contribution in [0.25, 0.3) is 0 Å². The molecule has 2 heterocycles. The lowest BCUT2D eigenvalue weighted by Crippen LogP contribution is -2.01. The summed E-state index contributed by atoms with van der Waals surface area (Å²) >= 11 is 1.66. The number of carbonyl (C=O) groups excluding carboxylic acids is 1. The van der Waals surface area contributed by atoms with Gasteiger partial charge in [0.1, 0.15) is 5.69 Å². The zero-order valence-electron chi connectivity index (χ0n) is 8.96. The molecule has 0 unspecified atom stereocenters. The van der Waals surface area contributed by atoms with Gasteiger partial charge in [0.25, 0.3) is 0 Å². The van der Waals surface area contributed by atoms with Crippen molar-refractivity contribution >= 4 is 17.6 Å². The smallest absolute Gasteiger partial charge is 0.171 e. The number of aldehydes is 1. The highest BCUT2D eigenvalue weighted by atomic mass is 32.1. The van der Waals surface area contributed by atoms with E-state index in [1.807, 2.05) is 5.38 Å². The van der Waals surface area contributed by atoms with Crippen LogP contribution < -0.4 is 0 Å². The SMILES string of the molecule is CCCc1nc(Cn2cc(C=O)nn2)cs1. The van der Waals surface area contributed by atoms with E-state index in [0.29, 0.717) is 18.5 Å². The van der Waals surface area contributed by atoms with Crippen molar-refractivity contribution in [2.75, 3.05) is 0 Å². The third-order valence-corrected chi connectivity index (χ3v) is 3.02. The second-order valence-corrected chi connectivity index (χ2v) is 4.38. The molecular formula is C10H12N4OS. The largest absolute Gasteiger partial charge is 0.296 e. The van der Waals surface area contributed by atoms with Gasteiger partial charge in [-0.05, 0) is 12.8 Å². The van der Waals surface area contributed by atoms with Crippen LogP contribution in [-0.2, 0) is 13.0 Å².